The minimum absolute atomic E-state index is 0.0680. The highest BCUT2D eigenvalue weighted by atomic mass is 35.5. The first-order valence-corrected chi connectivity index (χ1v) is 6.62. The zero-order chi connectivity index (χ0) is 10.3. The summed E-state index contributed by atoms with van der Waals surface area (Å²) < 4.78 is 5.56. The molecule has 1 aromatic rings. The van der Waals surface area contributed by atoms with Crippen LogP contribution in [0, 0.1) is 0 Å². The number of thioether (sulfide) groups is 1. The van der Waals surface area contributed by atoms with Crippen molar-refractivity contribution in [1.82, 2.24) is 9.97 Å². The highest BCUT2D eigenvalue weighted by Gasteiger charge is 2.25. The van der Waals surface area contributed by atoms with E-state index in [4.69, 9.17) is 16.3 Å². The van der Waals surface area contributed by atoms with Gasteiger partial charge in [0, 0.05) is 23.7 Å². The van der Waals surface area contributed by atoms with Gasteiger partial charge in [-0.1, -0.05) is 11.6 Å². The lowest BCUT2D eigenvalue weighted by Crippen LogP contribution is -2.06. The van der Waals surface area contributed by atoms with Gasteiger partial charge in [-0.05, 0) is 12.8 Å². The van der Waals surface area contributed by atoms with Crippen molar-refractivity contribution in [3.05, 3.63) is 22.2 Å². The molecule has 0 N–H and O–H groups in total. The Morgan fingerprint density at radius 2 is 2.27 bits per heavy atom. The number of hydrogen-bond donors (Lipinski definition) is 0. The van der Waals surface area contributed by atoms with Gasteiger partial charge in [0.2, 0.25) is 0 Å². The van der Waals surface area contributed by atoms with Crippen molar-refractivity contribution >= 4 is 23.4 Å². The SMILES string of the molecule is Clc1nc(C2CCCO2)nc2c1CSC2. The number of fused-ring (bicyclic) bond motifs is 1. The minimum Gasteiger partial charge on any atom is -0.370 e. The first-order chi connectivity index (χ1) is 7.34. The second-order valence-corrected chi connectivity index (χ2v) is 5.14. The molecule has 0 saturated carbocycles. The predicted octanol–water partition coefficient (Wildman–Crippen LogP) is 2.73. The van der Waals surface area contributed by atoms with Crippen molar-refractivity contribution in [2.75, 3.05) is 6.61 Å². The second kappa shape index (κ2) is 3.92. The van der Waals surface area contributed by atoms with Crippen LogP contribution in [0.1, 0.15) is 36.0 Å². The van der Waals surface area contributed by atoms with E-state index in [9.17, 15) is 0 Å². The molecule has 0 aliphatic carbocycles. The van der Waals surface area contributed by atoms with Crippen molar-refractivity contribution < 1.29 is 4.74 Å². The van der Waals surface area contributed by atoms with Crippen LogP contribution in [0.15, 0.2) is 0 Å². The summed E-state index contributed by atoms with van der Waals surface area (Å²) in [5.41, 5.74) is 2.22. The van der Waals surface area contributed by atoms with Crippen LogP contribution < -0.4 is 0 Å². The Balaban J connectivity index is 1.99. The molecular weight excluding hydrogens is 232 g/mol. The van der Waals surface area contributed by atoms with Gasteiger partial charge in [-0.15, -0.1) is 0 Å². The average Bonchev–Trinajstić information content (AvgIpc) is 2.88. The maximum absolute atomic E-state index is 6.13. The molecule has 0 radical (unpaired) electrons. The summed E-state index contributed by atoms with van der Waals surface area (Å²) in [6, 6.07) is 0. The molecule has 2 aliphatic heterocycles. The largest absolute Gasteiger partial charge is 0.370 e. The van der Waals surface area contributed by atoms with Gasteiger partial charge >= 0.3 is 0 Å². The number of hydrogen-bond acceptors (Lipinski definition) is 4. The summed E-state index contributed by atoms with van der Waals surface area (Å²) in [6.07, 6.45) is 2.18. The summed E-state index contributed by atoms with van der Waals surface area (Å²) in [5, 5.41) is 0.621. The van der Waals surface area contributed by atoms with Gasteiger partial charge in [0.1, 0.15) is 11.3 Å². The first kappa shape index (κ1) is 9.87. The highest BCUT2D eigenvalue weighted by Crippen LogP contribution is 2.35. The molecular formula is C10H11ClN2OS. The van der Waals surface area contributed by atoms with Crippen LogP contribution in [0.3, 0.4) is 0 Å². The molecule has 1 saturated heterocycles. The number of nitrogens with zero attached hydrogens (tertiary/aromatic N) is 2. The summed E-state index contributed by atoms with van der Waals surface area (Å²) >= 11 is 7.97. The molecule has 3 nitrogen and oxygen atoms in total. The third-order valence-electron chi connectivity index (χ3n) is 2.76. The van der Waals surface area contributed by atoms with Crippen molar-refractivity contribution in [3.63, 3.8) is 0 Å². The molecule has 1 aromatic heterocycles. The number of rotatable bonds is 1. The van der Waals surface area contributed by atoms with Gasteiger partial charge in [0.15, 0.2) is 5.82 Å². The highest BCUT2D eigenvalue weighted by molar-refractivity contribution is 7.98. The molecule has 1 fully saturated rings. The normalized spacial score (nSPS) is 24.5. The predicted molar refractivity (Wildman–Crippen MR) is 60.0 cm³/mol. The van der Waals surface area contributed by atoms with E-state index >= 15 is 0 Å². The number of aromatic nitrogens is 2. The fourth-order valence-corrected chi connectivity index (χ4v) is 3.34. The van der Waals surface area contributed by atoms with Crippen molar-refractivity contribution in [3.8, 4) is 0 Å². The topological polar surface area (TPSA) is 35.0 Å². The van der Waals surface area contributed by atoms with E-state index in [-0.39, 0.29) is 6.10 Å². The van der Waals surface area contributed by atoms with Crippen molar-refractivity contribution in [2.45, 2.75) is 30.5 Å². The van der Waals surface area contributed by atoms with Crippen molar-refractivity contribution in [1.29, 1.82) is 0 Å². The Morgan fingerprint density at radius 1 is 1.33 bits per heavy atom. The maximum Gasteiger partial charge on any atom is 0.159 e. The van der Waals surface area contributed by atoms with Crippen LogP contribution in [0.5, 0.6) is 0 Å². The number of ether oxygens (including phenoxy) is 1. The molecule has 1 atom stereocenters. The molecule has 0 amide bonds. The van der Waals surface area contributed by atoms with E-state index in [1.54, 1.807) is 0 Å². The van der Waals surface area contributed by atoms with Crippen LogP contribution >= 0.6 is 23.4 Å². The fourth-order valence-electron chi connectivity index (χ4n) is 1.96. The monoisotopic (exact) mass is 242 g/mol. The van der Waals surface area contributed by atoms with Gasteiger partial charge < -0.3 is 4.74 Å². The molecule has 3 rings (SSSR count). The number of halogens is 1. The van der Waals surface area contributed by atoms with Crippen LogP contribution in [0.2, 0.25) is 5.15 Å². The van der Waals surface area contributed by atoms with Gasteiger partial charge in [-0.2, -0.15) is 11.8 Å². The van der Waals surface area contributed by atoms with E-state index in [0.29, 0.717) is 5.15 Å². The molecule has 0 bridgehead atoms. The Bertz CT molecular complexity index is 393. The van der Waals surface area contributed by atoms with E-state index in [0.717, 1.165) is 48.0 Å². The van der Waals surface area contributed by atoms with Crippen molar-refractivity contribution in [2.24, 2.45) is 0 Å². The van der Waals surface area contributed by atoms with Crippen LogP contribution in [0.4, 0.5) is 0 Å². The summed E-state index contributed by atoms with van der Waals surface area (Å²) in [5.74, 6) is 2.68. The minimum atomic E-state index is 0.0680. The molecule has 3 heterocycles. The lowest BCUT2D eigenvalue weighted by Gasteiger charge is -2.10. The fraction of sp³-hybridized carbons (Fsp3) is 0.600. The quantitative estimate of drug-likeness (QED) is 0.710. The zero-order valence-electron chi connectivity index (χ0n) is 8.20. The van der Waals surface area contributed by atoms with Gasteiger partial charge in [-0.3, -0.25) is 0 Å². The third kappa shape index (κ3) is 1.75. The van der Waals surface area contributed by atoms with Crippen LogP contribution in [-0.4, -0.2) is 16.6 Å². The lowest BCUT2D eigenvalue weighted by atomic mass is 10.2. The standard InChI is InChI=1S/C10H11ClN2OS/c11-9-6-4-15-5-7(6)12-10(13-9)8-2-1-3-14-8/h8H,1-5H2. The summed E-state index contributed by atoms with van der Waals surface area (Å²) in [4.78, 5) is 8.90. The van der Waals surface area contributed by atoms with E-state index < -0.39 is 0 Å². The molecule has 80 valence electrons. The molecule has 0 aromatic carbocycles. The Kier molecular flexibility index (Phi) is 2.58. The zero-order valence-corrected chi connectivity index (χ0v) is 9.77. The molecule has 2 aliphatic rings. The molecule has 15 heavy (non-hydrogen) atoms. The molecule has 5 heteroatoms. The summed E-state index contributed by atoms with van der Waals surface area (Å²) in [7, 11) is 0. The average molecular weight is 243 g/mol. The van der Waals surface area contributed by atoms with Gasteiger partial charge in [0.25, 0.3) is 0 Å². The van der Waals surface area contributed by atoms with Gasteiger partial charge in [-0.25, -0.2) is 9.97 Å². The second-order valence-electron chi connectivity index (χ2n) is 3.79. The Hall–Kier alpha value is -0.320. The first-order valence-electron chi connectivity index (χ1n) is 5.09. The third-order valence-corrected chi connectivity index (χ3v) is 4.05. The van der Waals surface area contributed by atoms with E-state index in [2.05, 4.69) is 9.97 Å². The van der Waals surface area contributed by atoms with E-state index in [1.807, 2.05) is 11.8 Å². The Labute approximate surface area is 97.6 Å². The summed E-state index contributed by atoms with van der Waals surface area (Å²) in [6.45, 7) is 0.817. The maximum atomic E-state index is 6.13. The lowest BCUT2D eigenvalue weighted by molar-refractivity contribution is 0.105. The smallest absolute Gasteiger partial charge is 0.159 e. The molecule has 0 spiro atoms. The van der Waals surface area contributed by atoms with E-state index in [1.165, 1.54) is 0 Å². The Morgan fingerprint density at radius 3 is 3.07 bits per heavy atom. The van der Waals surface area contributed by atoms with Crippen LogP contribution in [-0.2, 0) is 16.2 Å². The van der Waals surface area contributed by atoms with Gasteiger partial charge in [0.05, 0.1) is 5.69 Å². The molecule has 1 unspecified atom stereocenters. The van der Waals surface area contributed by atoms with Crippen LogP contribution in [0.25, 0.3) is 0 Å².